The highest BCUT2D eigenvalue weighted by molar-refractivity contribution is 5.84. The average Bonchev–Trinajstić information content (AvgIpc) is 2.73. The lowest BCUT2D eigenvalue weighted by atomic mass is 10.1. The molecule has 0 saturated carbocycles. The van der Waals surface area contributed by atoms with E-state index >= 15 is 0 Å². The van der Waals surface area contributed by atoms with Gasteiger partial charge in [0.15, 0.2) is 12.0 Å². The van der Waals surface area contributed by atoms with Gasteiger partial charge in [0.2, 0.25) is 0 Å². The van der Waals surface area contributed by atoms with Crippen LogP contribution in [0.1, 0.15) is 19.4 Å². The van der Waals surface area contributed by atoms with Crippen LogP contribution in [0.4, 0.5) is 0 Å². The smallest absolute Gasteiger partial charge is 0.253 e. The first kappa shape index (κ1) is 12.6. The van der Waals surface area contributed by atoms with Crippen LogP contribution in [0.5, 0.6) is 0 Å². The van der Waals surface area contributed by atoms with Crippen molar-refractivity contribution >= 4 is 17.0 Å². The first-order chi connectivity index (χ1) is 8.38. The Labute approximate surface area is 105 Å². The van der Waals surface area contributed by atoms with Gasteiger partial charge < -0.3 is 14.4 Å². The summed E-state index contributed by atoms with van der Waals surface area (Å²) in [5, 5.41) is 9.65. The van der Waals surface area contributed by atoms with Crippen LogP contribution in [-0.4, -0.2) is 33.5 Å². The number of carbonyl (C=O) groups is 1. The minimum Gasteiger partial charge on any atom is -0.443 e. The second kappa shape index (κ2) is 4.42. The number of benzene rings is 1. The SMILES string of the molecule is CN(Cc1ccc2ncoc2c1)C(=O)C(C)(C)O. The molecule has 5 heteroatoms. The van der Waals surface area contributed by atoms with Crippen LogP contribution in [0, 0.1) is 0 Å². The quantitative estimate of drug-likeness (QED) is 0.895. The van der Waals surface area contributed by atoms with E-state index in [1.165, 1.54) is 25.1 Å². The normalized spacial score (nSPS) is 11.8. The summed E-state index contributed by atoms with van der Waals surface area (Å²) >= 11 is 0. The Bertz CT molecular complexity index is 569. The minimum atomic E-state index is -1.36. The van der Waals surface area contributed by atoms with Gasteiger partial charge >= 0.3 is 0 Å². The van der Waals surface area contributed by atoms with Gasteiger partial charge in [-0.1, -0.05) is 6.07 Å². The van der Waals surface area contributed by atoms with Gasteiger partial charge in [-0.3, -0.25) is 4.79 Å². The molecule has 0 fully saturated rings. The summed E-state index contributed by atoms with van der Waals surface area (Å²) in [7, 11) is 1.66. The molecule has 1 amide bonds. The molecule has 0 radical (unpaired) electrons. The molecule has 18 heavy (non-hydrogen) atoms. The molecular formula is C13H16N2O3. The van der Waals surface area contributed by atoms with Gasteiger partial charge in [-0.25, -0.2) is 4.98 Å². The number of amides is 1. The summed E-state index contributed by atoms with van der Waals surface area (Å²) in [6.07, 6.45) is 1.39. The second-order valence-electron chi connectivity index (χ2n) is 4.87. The number of aliphatic hydroxyl groups is 1. The van der Waals surface area contributed by atoms with Crippen molar-refractivity contribution in [3.8, 4) is 0 Å². The number of rotatable bonds is 3. The lowest BCUT2D eigenvalue weighted by Gasteiger charge is -2.24. The number of fused-ring (bicyclic) bond motifs is 1. The van der Waals surface area contributed by atoms with Gasteiger partial charge in [0.25, 0.3) is 5.91 Å². The molecule has 0 aliphatic carbocycles. The third-order valence-corrected chi connectivity index (χ3v) is 2.69. The third-order valence-electron chi connectivity index (χ3n) is 2.69. The summed E-state index contributed by atoms with van der Waals surface area (Å²) in [5.74, 6) is -0.319. The summed E-state index contributed by atoms with van der Waals surface area (Å²) in [6, 6.07) is 5.58. The van der Waals surface area contributed by atoms with Crippen molar-refractivity contribution in [3.63, 3.8) is 0 Å². The molecule has 0 unspecified atom stereocenters. The highest BCUT2D eigenvalue weighted by Gasteiger charge is 2.27. The number of aromatic nitrogens is 1. The number of hydrogen-bond donors (Lipinski definition) is 1. The molecule has 0 bridgehead atoms. The van der Waals surface area contributed by atoms with Crippen LogP contribution in [0.25, 0.3) is 11.1 Å². The van der Waals surface area contributed by atoms with Gasteiger partial charge in [0.1, 0.15) is 11.1 Å². The van der Waals surface area contributed by atoms with Crippen molar-refractivity contribution in [2.75, 3.05) is 7.05 Å². The van der Waals surface area contributed by atoms with Crippen molar-refractivity contribution in [1.29, 1.82) is 0 Å². The van der Waals surface area contributed by atoms with E-state index in [-0.39, 0.29) is 5.91 Å². The number of nitrogens with zero attached hydrogens (tertiary/aromatic N) is 2. The molecule has 0 atom stereocenters. The van der Waals surface area contributed by atoms with Crippen LogP contribution >= 0.6 is 0 Å². The van der Waals surface area contributed by atoms with Crippen molar-refractivity contribution < 1.29 is 14.3 Å². The summed E-state index contributed by atoms with van der Waals surface area (Å²) < 4.78 is 5.20. The van der Waals surface area contributed by atoms with E-state index in [2.05, 4.69) is 4.98 Å². The van der Waals surface area contributed by atoms with E-state index in [0.717, 1.165) is 11.1 Å². The zero-order valence-electron chi connectivity index (χ0n) is 10.7. The Morgan fingerprint density at radius 2 is 2.22 bits per heavy atom. The van der Waals surface area contributed by atoms with Crippen molar-refractivity contribution in [2.24, 2.45) is 0 Å². The summed E-state index contributed by atoms with van der Waals surface area (Å²) in [4.78, 5) is 17.3. The zero-order valence-corrected chi connectivity index (χ0v) is 10.7. The van der Waals surface area contributed by atoms with Gasteiger partial charge in [-0.2, -0.15) is 0 Å². The van der Waals surface area contributed by atoms with Crippen LogP contribution in [-0.2, 0) is 11.3 Å². The van der Waals surface area contributed by atoms with E-state index < -0.39 is 5.60 Å². The Kier molecular flexibility index (Phi) is 3.09. The zero-order chi connectivity index (χ0) is 13.3. The third kappa shape index (κ3) is 2.51. The number of likely N-dealkylation sites (N-methyl/N-ethyl adjacent to an activating group) is 1. The van der Waals surface area contributed by atoms with Crippen LogP contribution in [0.3, 0.4) is 0 Å². The van der Waals surface area contributed by atoms with E-state index in [0.29, 0.717) is 12.1 Å². The van der Waals surface area contributed by atoms with Crippen molar-refractivity contribution in [1.82, 2.24) is 9.88 Å². The number of carbonyl (C=O) groups excluding carboxylic acids is 1. The molecular weight excluding hydrogens is 232 g/mol. The number of hydrogen-bond acceptors (Lipinski definition) is 4. The molecule has 1 aromatic carbocycles. The van der Waals surface area contributed by atoms with Gasteiger partial charge in [0, 0.05) is 13.6 Å². The molecule has 1 aromatic heterocycles. The van der Waals surface area contributed by atoms with Gasteiger partial charge in [0.05, 0.1) is 0 Å². The fourth-order valence-corrected chi connectivity index (χ4v) is 1.81. The molecule has 1 N–H and O–H groups in total. The molecule has 0 aliphatic rings. The molecule has 0 aliphatic heterocycles. The topological polar surface area (TPSA) is 66.6 Å². The summed E-state index contributed by atoms with van der Waals surface area (Å²) in [5.41, 5.74) is 1.05. The maximum absolute atomic E-state index is 11.8. The molecule has 5 nitrogen and oxygen atoms in total. The Balaban J connectivity index is 2.15. The van der Waals surface area contributed by atoms with E-state index in [1.807, 2.05) is 18.2 Å². The van der Waals surface area contributed by atoms with Crippen molar-refractivity contribution in [3.05, 3.63) is 30.2 Å². The molecule has 2 aromatic rings. The number of oxazole rings is 1. The molecule has 0 saturated heterocycles. The van der Waals surface area contributed by atoms with E-state index in [4.69, 9.17) is 4.42 Å². The monoisotopic (exact) mass is 248 g/mol. The minimum absolute atomic E-state index is 0.319. The Morgan fingerprint density at radius 1 is 1.50 bits per heavy atom. The highest BCUT2D eigenvalue weighted by Crippen LogP contribution is 2.16. The fraction of sp³-hybridized carbons (Fsp3) is 0.385. The maximum atomic E-state index is 11.8. The molecule has 96 valence electrons. The van der Waals surface area contributed by atoms with Crippen LogP contribution in [0.15, 0.2) is 29.0 Å². The second-order valence-corrected chi connectivity index (χ2v) is 4.87. The Hall–Kier alpha value is -1.88. The molecule has 2 rings (SSSR count). The largest absolute Gasteiger partial charge is 0.443 e. The van der Waals surface area contributed by atoms with Gasteiger partial charge in [-0.15, -0.1) is 0 Å². The van der Waals surface area contributed by atoms with E-state index in [9.17, 15) is 9.90 Å². The lowest BCUT2D eigenvalue weighted by Crippen LogP contribution is -2.42. The molecule has 1 heterocycles. The van der Waals surface area contributed by atoms with E-state index in [1.54, 1.807) is 7.05 Å². The first-order valence-corrected chi connectivity index (χ1v) is 5.68. The summed E-state index contributed by atoms with van der Waals surface area (Å²) in [6.45, 7) is 3.37. The predicted octanol–water partition coefficient (Wildman–Crippen LogP) is 1.56. The van der Waals surface area contributed by atoms with Crippen molar-refractivity contribution in [2.45, 2.75) is 26.0 Å². The van der Waals surface area contributed by atoms with Crippen LogP contribution in [0.2, 0.25) is 0 Å². The van der Waals surface area contributed by atoms with Crippen LogP contribution < -0.4 is 0 Å². The standard InChI is InChI=1S/C13H16N2O3/c1-13(2,17)12(16)15(3)7-9-4-5-10-11(6-9)18-8-14-10/h4-6,8,17H,7H2,1-3H3. The maximum Gasteiger partial charge on any atom is 0.253 e. The Morgan fingerprint density at radius 3 is 2.89 bits per heavy atom. The lowest BCUT2D eigenvalue weighted by molar-refractivity contribution is -0.146. The fourth-order valence-electron chi connectivity index (χ4n) is 1.81. The predicted molar refractivity (Wildman–Crippen MR) is 66.8 cm³/mol. The molecule has 0 spiro atoms. The first-order valence-electron chi connectivity index (χ1n) is 5.68. The average molecular weight is 248 g/mol. The van der Waals surface area contributed by atoms with Gasteiger partial charge in [-0.05, 0) is 31.5 Å². The highest BCUT2D eigenvalue weighted by atomic mass is 16.3.